The number of nitrogen functional groups attached to an aromatic ring is 2. The van der Waals surface area contributed by atoms with E-state index in [1.807, 2.05) is 36.4 Å². The number of rotatable bonds is 7. The van der Waals surface area contributed by atoms with Crippen LogP contribution in [0.1, 0.15) is 41.6 Å². The minimum atomic E-state index is -0.503. The first kappa shape index (κ1) is 25.9. The summed E-state index contributed by atoms with van der Waals surface area (Å²) in [6, 6.07) is 20.4. The number of carbonyl (C=O) groups is 1. The Labute approximate surface area is 223 Å². The molecule has 3 aromatic rings. The van der Waals surface area contributed by atoms with Crippen LogP contribution in [-0.2, 0) is 6.54 Å². The standard InChI is InChI=1S/C30H36FN5O2/c31-28-19-22(30(37)34-25-11-15-35(16-12-25)20-21-1-4-23(32)5-2-21)3-10-29(28)38-27-13-17-36(18-14-27)26-8-6-24(33)7-9-26/h1-10,19,25,27H,11-18,20,32-33H2,(H,34,37). The topological polar surface area (TPSA) is 96.8 Å². The van der Waals surface area contributed by atoms with Gasteiger partial charge in [0.05, 0.1) is 0 Å². The fourth-order valence-corrected chi connectivity index (χ4v) is 5.22. The SMILES string of the molecule is Nc1ccc(CN2CCC(NC(=O)c3ccc(OC4CCN(c5ccc(N)cc5)CC4)c(F)c3)CC2)cc1. The van der Waals surface area contributed by atoms with Crippen molar-refractivity contribution in [2.24, 2.45) is 0 Å². The van der Waals surface area contributed by atoms with Crippen LogP contribution in [0.15, 0.2) is 66.7 Å². The van der Waals surface area contributed by atoms with Gasteiger partial charge in [0.1, 0.15) is 6.10 Å². The lowest BCUT2D eigenvalue weighted by Crippen LogP contribution is -2.44. The molecule has 2 heterocycles. The van der Waals surface area contributed by atoms with Gasteiger partial charge in [-0.15, -0.1) is 0 Å². The Morgan fingerprint density at radius 2 is 1.50 bits per heavy atom. The highest BCUT2D eigenvalue weighted by Gasteiger charge is 2.24. The number of benzene rings is 3. The number of piperidine rings is 2. The molecule has 3 aromatic carbocycles. The molecule has 2 fully saturated rings. The van der Waals surface area contributed by atoms with Gasteiger partial charge in [-0.2, -0.15) is 0 Å². The summed E-state index contributed by atoms with van der Waals surface area (Å²) in [4.78, 5) is 17.5. The number of nitrogens with two attached hydrogens (primary N) is 2. The largest absolute Gasteiger partial charge is 0.487 e. The molecule has 0 saturated carbocycles. The van der Waals surface area contributed by atoms with Gasteiger partial charge >= 0.3 is 0 Å². The molecule has 5 rings (SSSR count). The van der Waals surface area contributed by atoms with E-state index in [0.29, 0.717) is 5.56 Å². The minimum Gasteiger partial charge on any atom is -0.487 e. The third-order valence-electron chi connectivity index (χ3n) is 7.50. The van der Waals surface area contributed by atoms with Gasteiger partial charge in [-0.25, -0.2) is 4.39 Å². The van der Waals surface area contributed by atoms with Crippen molar-refractivity contribution in [1.29, 1.82) is 0 Å². The third kappa shape index (κ3) is 6.55. The first-order valence-corrected chi connectivity index (χ1v) is 13.4. The van der Waals surface area contributed by atoms with Crippen LogP contribution in [0.5, 0.6) is 5.75 Å². The number of ether oxygens (including phenoxy) is 1. The highest BCUT2D eigenvalue weighted by atomic mass is 19.1. The second kappa shape index (κ2) is 11.7. The fraction of sp³-hybridized carbons (Fsp3) is 0.367. The van der Waals surface area contributed by atoms with Gasteiger partial charge in [0.15, 0.2) is 11.6 Å². The zero-order valence-electron chi connectivity index (χ0n) is 21.6. The van der Waals surface area contributed by atoms with Crippen molar-refractivity contribution in [3.8, 4) is 5.75 Å². The van der Waals surface area contributed by atoms with Crippen LogP contribution in [-0.4, -0.2) is 49.1 Å². The van der Waals surface area contributed by atoms with Crippen LogP contribution >= 0.6 is 0 Å². The van der Waals surface area contributed by atoms with Gasteiger partial charge in [-0.1, -0.05) is 12.1 Å². The summed E-state index contributed by atoms with van der Waals surface area (Å²) in [6.45, 7) is 4.32. The van der Waals surface area contributed by atoms with Crippen molar-refractivity contribution in [3.63, 3.8) is 0 Å². The van der Waals surface area contributed by atoms with E-state index in [0.717, 1.165) is 75.5 Å². The number of hydrogen-bond donors (Lipinski definition) is 3. The zero-order valence-corrected chi connectivity index (χ0v) is 21.6. The van der Waals surface area contributed by atoms with Crippen LogP contribution in [0, 0.1) is 5.82 Å². The monoisotopic (exact) mass is 517 g/mol. The first-order chi connectivity index (χ1) is 18.4. The van der Waals surface area contributed by atoms with Gasteiger partial charge in [0.2, 0.25) is 0 Å². The molecule has 2 aliphatic heterocycles. The summed E-state index contributed by atoms with van der Waals surface area (Å²) >= 11 is 0. The summed E-state index contributed by atoms with van der Waals surface area (Å²) in [5.74, 6) is -0.551. The fourth-order valence-electron chi connectivity index (χ4n) is 5.22. The molecule has 0 bridgehead atoms. The highest BCUT2D eigenvalue weighted by Crippen LogP contribution is 2.26. The van der Waals surface area contributed by atoms with E-state index in [1.165, 1.54) is 11.6 Å². The second-order valence-electron chi connectivity index (χ2n) is 10.3. The molecule has 0 unspecified atom stereocenters. The average molecular weight is 518 g/mol. The van der Waals surface area contributed by atoms with Gasteiger partial charge in [0.25, 0.3) is 5.91 Å². The number of likely N-dealkylation sites (tertiary alicyclic amines) is 1. The van der Waals surface area contributed by atoms with Crippen LogP contribution in [0.4, 0.5) is 21.5 Å². The Morgan fingerprint density at radius 1 is 0.868 bits per heavy atom. The summed E-state index contributed by atoms with van der Waals surface area (Å²) in [5, 5.41) is 3.08. The third-order valence-corrected chi connectivity index (χ3v) is 7.50. The van der Waals surface area contributed by atoms with Crippen LogP contribution in [0.3, 0.4) is 0 Å². The Balaban J connectivity index is 1.07. The van der Waals surface area contributed by atoms with Crippen molar-refractivity contribution >= 4 is 23.0 Å². The number of halogens is 1. The molecule has 5 N–H and O–H groups in total. The molecular formula is C30H36FN5O2. The van der Waals surface area contributed by atoms with E-state index < -0.39 is 5.82 Å². The Bertz CT molecular complexity index is 1220. The van der Waals surface area contributed by atoms with Crippen molar-refractivity contribution in [3.05, 3.63) is 83.7 Å². The molecule has 0 atom stereocenters. The summed E-state index contributed by atoms with van der Waals surface area (Å²) in [5.41, 5.74) is 15.7. The predicted octanol–water partition coefficient (Wildman–Crippen LogP) is 4.43. The maximum absolute atomic E-state index is 14.9. The Morgan fingerprint density at radius 3 is 2.13 bits per heavy atom. The molecule has 0 aromatic heterocycles. The number of nitrogens with one attached hydrogen (secondary N) is 1. The van der Waals surface area contributed by atoms with Gasteiger partial charge < -0.3 is 26.4 Å². The van der Waals surface area contributed by atoms with Crippen molar-refractivity contribution in [2.45, 2.75) is 44.4 Å². The van der Waals surface area contributed by atoms with Crippen molar-refractivity contribution < 1.29 is 13.9 Å². The maximum atomic E-state index is 14.9. The van der Waals surface area contributed by atoms with E-state index in [2.05, 4.69) is 27.2 Å². The molecule has 2 saturated heterocycles. The van der Waals surface area contributed by atoms with E-state index in [1.54, 1.807) is 12.1 Å². The smallest absolute Gasteiger partial charge is 0.251 e. The molecule has 38 heavy (non-hydrogen) atoms. The molecule has 2 aliphatic rings. The first-order valence-electron chi connectivity index (χ1n) is 13.4. The van der Waals surface area contributed by atoms with Gasteiger partial charge in [-0.3, -0.25) is 9.69 Å². The van der Waals surface area contributed by atoms with Crippen molar-refractivity contribution in [2.75, 3.05) is 42.5 Å². The van der Waals surface area contributed by atoms with Gasteiger partial charge in [-0.05, 0) is 73.0 Å². The van der Waals surface area contributed by atoms with E-state index in [-0.39, 0.29) is 23.8 Å². The quantitative estimate of drug-likeness (QED) is 0.401. The normalized spacial score (nSPS) is 17.3. The second-order valence-corrected chi connectivity index (χ2v) is 10.3. The summed E-state index contributed by atoms with van der Waals surface area (Å²) < 4.78 is 20.8. The van der Waals surface area contributed by atoms with Crippen LogP contribution in [0.2, 0.25) is 0 Å². The molecule has 0 spiro atoms. The van der Waals surface area contributed by atoms with Crippen LogP contribution in [0.25, 0.3) is 0 Å². The predicted molar refractivity (Wildman–Crippen MR) is 150 cm³/mol. The number of anilines is 3. The highest BCUT2D eigenvalue weighted by molar-refractivity contribution is 5.94. The lowest BCUT2D eigenvalue weighted by atomic mass is 10.0. The van der Waals surface area contributed by atoms with E-state index in [9.17, 15) is 9.18 Å². The lowest BCUT2D eigenvalue weighted by Gasteiger charge is -2.34. The molecule has 7 nitrogen and oxygen atoms in total. The minimum absolute atomic E-state index is 0.0624. The number of amides is 1. The molecule has 200 valence electrons. The molecular weight excluding hydrogens is 481 g/mol. The summed E-state index contributed by atoms with van der Waals surface area (Å²) in [6.07, 6.45) is 3.25. The summed E-state index contributed by atoms with van der Waals surface area (Å²) in [7, 11) is 0. The Kier molecular flexibility index (Phi) is 7.98. The lowest BCUT2D eigenvalue weighted by molar-refractivity contribution is 0.0908. The molecule has 8 heteroatoms. The number of nitrogens with zero attached hydrogens (tertiary/aromatic N) is 2. The van der Waals surface area contributed by atoms with Crippen molar-refractivity contribution in [1.82, 2.24) is 10.2 Å². The zero-order chi connectivity index (χ0) is 26.5. The Hall–Kier alpha value is -3.78. The average Bonchev–Trinajstić information content (AvgIpc) is 2.93. The van der Waals surface area contributed by atoms with Gasteiger partial charge in [0, 0.05) is 74.2 Å². The van der Waals surface area contributed by atoms with E-state index >= 15 is 0 Å². The molecule has 0 radical (unpaired) electrons. The molecule has 0 aliphatic carbocycles. The number of carbonyl (C=O) groups excluding carboxylic acids is 1. The van der Waals surface area contributed by atoms with E-state index in [4.69, 9.17) is 16.2 Å². The molecule has 1 amide bonds. The van der Waals surface area contributed by atoms with Crippen LogP contribution < -0.4 is 26.4 Å². The number of hydrogen-bond acceptors (Lipinski definition) is 6. The maximum Gasteiger partial charge on any atom is 0.251 e.